The fourth-order valence-electron chi connectivity index (χ4n) is 0.342. The Hall–Kier alpha value is -0.640. The molecule has 3 nitrogen and oxygen atoms in total. The van der Waals surface area contributed by atoms with Gasteiger partial charge in [-0.15, -0.1) is 0 Å². The molecular formula is C3H6N3S+. The molecule has 0 atom stereocenters. The quantitative estimate of drug-likeness (QED) is 0.512. The van der Waals surface area contributed by atoms with Gasteiger partial charge in [0.1, 0.15) is 11.5 Å². The highest BCUT2D eigenvalue weighted by molar-refractivity contribution is 7.08. The van der Waals surface area contributed by atoms with E-state index in [1.807, 2.05) is 6.92 Å². The van der Waals surface area contributed by atoms with E-state index in [1.54, 1.807) is 0 Å². The number of aromatic amines is 1. The SMILES string of the molecule is Cc1nsc(N)[nH+]1. The molecule has 7 heavy (non-hydrogen) atoms. The van der Waals surface area contributed by atoms with E-state index in [0.29, 0.717) is 5.13 Å². The summed E-state index contributed by atoms with van der Waals surface area (Å²) in [6, 6.07) is 0. The molecule has 0 saturated carbocycles. The first-order valence-corrected chi connectivity index (χ1v) is 2.67. The maximum Gasteiger partial charge on any atom is 0.308 e. The van der Waals surface area contributed by atoms with Gasteiger partial charge in [-0.05, 0) is 4.37 Å². The van der Waals surface area contributed by atoms with Gasteiger partial charge in [-0.25, -0.2) is 4.98 Å². The molecule has 0 spiro atoms. The lowest BCUT2D eigenvalue weighted by atomic mass is 10.8. The number of nitrogens with two attached hydrogens (primary N) is 1. The Morgan fingerprint density at radius 3 is 2.71 bits per heavy atom. The van der Waals surface area contributed by atoms with Crippen LogP contribution in [0.3, 0.4) is 0 Å². The zero-order chi connectivity index (χ0) is 5.28. The standard InChI is InChI=1S/C3H5N3S/c1-2-5-3(4)7-6-2/h1H3,(H2,4,5,6)/p+1. The van der Waals surface area contributed by atoms with Gasteiger partial charge < -0.3 is 5.73 Å². The number of nitrogens with zero attached hydrogens (tertiary/aromatic N) is 1. The van der Waals surface area contributed by atoms with Crippen molar-refractivity contribution in [3.05, 3.63) is 5.82 Å². The van der Waals surface area contributed by atoms with Crippen molar-refractivity contribution in [2.24, 2.45) is 0 Å². The summed E-state index contributed by atoms with van der Waals surface area (Å²) >= 11 is 1.28. The van der Waals surface area contributed by atoms with Crippen LogP contribution in [-0.4, -0.2) is 4.37 Å². The van der Waals surface area contributed by atoms with Crippen LogP contribution in [0.2, 0.25) is 0 Å². The molecule has 0 unspecified atom stereocenters. The Labute approximate surface area is 45.4 Å². The smallest absolute Gasteiger partial charge is 0.307 e. The molecule has 1 aromatic heterocycles. The molecule has 3 N–H and O–H groups in total. The van der Waals surface area contributed by atoms with Crippen molar-refractivity contribution in [1.82, 2.24) is 4.37 Å². The molecule has 0 aliphatic carbocycles. The molecular weight excluding hydrogens is 110 g/mol. The summed E-state index contributed by atoms with van der Waals surface area (Å²) in [5, 5.41) is 0.664. The second-order valence-electron chi connectivity index (χ2n) is 1.26. The molecule has 0 radical (unpaired) electrons. The van der Waals surface area contributed by atoms with Gasteiger partial charge in [-0.2, -0.15) is 0 Å². The Balaban J connectivity index is 3.04. The van der Waals surface area contributed by atoms with Gasteiger partial charge in [0.15, 0.2) is 0 Å². The van der Waals surface area contributed by atoms with Gasteiger partial charge in [-0.3, -0.25) is 0 Å². The van der Waals surface area contributed by atoms with Crippen LogP contribution in [0, 0.1) is 6.92 Å². The Morgan fingerprint density at radius 2 is 2.57 bits per heavy atom. The molecule has 0 saturated heterocycles. The molecule has 0 bridgehead atoms. The minimum Gasteiger partial charge on any atom is -0.307 e. The van der Waals surface area contributed by atoms with Crippen LogP contribution in [0.1, 0.15) is 5.82 Å². The fourth-order valence-corrected chi connectivity index (χ4v) is 0.816. The van der Waals surface area contributed by atoms with Crippen molar-refractivity contribution in [3.8, 4) is 0 Å². The molecule has 0 aromatic carbocycles. The third-order valence-corrected chi connectivity index (χ3v) is 1.25. The van der Waals surface area contributed by atoms with Crippen molar-refractivity contribution in [2.45, 2.75) is 6.92 Å². The van der Waals surface area contributed by atoms with E-state index in [4.69, 9.17) is 5.73 Å². The molecule has 1 heterocycles. The average Bonchev–Trinajstić information content (AvgIpc) is 1.87. The van der Waals surface area contributed by atoms with Crippen molar-refractivity contribution < 1.29 is 4.98 Å². The van der Waals surface area contributed by atoms with E-state index < -0.39 is 0 Å². The predicted molar refractivity (Wildman–Crippen MR) is 27.8 cm³/mol. The summed E-state index contributed by atoms with van der Waals surface area (Å²) < 4.78 is 3.88. The molecule has 0 fully saturated rings. The first-order chi connectivity index (χ1) is 3.29. The fraction of sp³-hybridized carbons (Fsp3) is 0.333. The average molecular weight is 116 g/mol. The van der Waals surface area contributed by atoms with Crippen molar-refractivity contribution >= 4 is 16.7 Å². The summed E-state index contributed by atoms with van der Waals surface area (Å²) in [6.45, 7) is 1.87. The number of hydrogen-bond acceptors (Lipinski definition) is 3. The zero-order valence-corrected chi connectivity index (χ0v) is 4.75. The Bertz CT molecular complexity index is 142. The van der Waals surface area contributed by atoms with Gasteiger partial charge in [0.05, 0.1) is 0 Å². The minimum absolute atomic E-state index is 0.664. The third-order valence-electron chi connectivity index (χ3n) is 0.585. The summed E-state index contributed by atoms with van der Waals surface area (Å²) in [6.07, 6.45) is 0. The van der Waals surface area contributed by atoms with Gasteiger partial charge >= 0.3 is 5.13 Å². The van der Waals surface area contributed by atoms with Gasteiger partial charge in [0.25, 0.3) is 0 Å². The van der Waals surface area contributed by atoms with Crippen molar-refractivity contribution in [3.63, 3.8) is 0 Å². The lowest BCUT2D eigenvalue weighted by Crippen LogP contribution is -2.06. The maximum atomic E-state index is 5.28. The molecule has 0 amide bonds. The highest BCUT2D eigenvalue weighted by Crippen LogP contribution is 1.95. The molecule has 4 heteroatoms. The minimum atomic E-state index is 0.664. The van der Waals surface area contributed by atoms with Crippen LogP contribution in [0.25, 0.3) is 0 Å². The van der Waals surface area contributed by atoms with E-state index in [2.05, 4.69) is 9.36 Å². The monoisotopic (exact) mass is 116 g/mol. The van der Waals surface area contributed by atoms with Crippen molar-refractivity contribution in [2.75, 3.05) is 5.73 Å². The molecule has 1 aromatic rings. The van der Waals surface area contributed by atoms with Gasteiger partial charge in [0, 0.05) is 6.92 Å². The molecule has 0 aliphatic heterocycles. The van der Waals surface area contributed by atoms with Gasteiger partial charge in [-0.1, -0.05) is 0 Å². The maximum absolute atomic E-state index is 5.28. The highest BCUT2D eigenvalue weighted by Gasteiger charge is 1.97. The van der Waals surface area contributed by atoms with E-state index in [-0.39, 0.29) is 0 Å². The van der Waals surface area contributed by atoms with Crippen LogP contribution in [0.4, 0.5) is 5.13 Å². The van der Waals surface area contributed by atoms with E-state index >= 15 is 0 Å². The molecule has 38 valence electrons. The molecule has 1 rings (SSSR count). The Morgan fingerprint density at radius 1 is 1.86 bits per heavy atom. The number of hydrogen-bond donors (Lipinski definition) is 1. The first-order valence-electron chi connectivity index (χ1n) is 1.90. The van der Waals surface area contributed by atoms with Crippen molar-refractivity contribution in [1.29, 1.82) is 0 Å². The van der Waals surface area contributed by atoms with Crippen LogP contribution < -0.4 is 10.7 Å². The largest absolute Gasteiger partial charge is 0.308 e. The number of anilines is 1. The highest BCUT2D eigenvalue weighted by atomic mass is 32.1. The number of aromatic nitrogens is 2. The normalized spacial score (nSPS) is 9.29. The second-order valence-corrected chi connectivity index (χ2v) is 2.06. The number of rotatable bonds is 0. The number of nitrogen functional groups attached to an aromatic ring is 1. The van der Waals surface area contributed by atoms with E-state index in [9.17, 15) is 0 Å². The lowest BCUT2D eigenvalue weighted by molar-refractivity contribution is -0.367. The van der Waals surface area contributed by atoms with Crippen LogP contribution in [0.5, 0.6) is 0 Å². The van der Waals surface area contributed by atoms with Crippen LogP contribution >= 0.6 is 11.5 Å². The van der Waals surface area contributed by atoms with E-state index in [1.165, 1.54) is 11.5 Å². The van der Waals surface area contributed by atoms with Crippen LogP contribution in [0.15, 0.2) is 0 Å². The summed E-state index contributed by atoms with van der Waals surface area (Å²) in [4.78, 5) is 2.82. The Kier molecular flexibility index (Phi) is 0.941. The third kappa shape index (κ3) is 0.866. The summed E-state index contributed by atoms with van der Waals surface area (Å²) in [7, 11) is 0. The predicted octanol–water partition coefficient (Wildman–Crippen LogP) is -0.152. The first kappa shape index (κ1) is 4.52. The number of nitrogens with one attached hydrogen (secondary N) is 1. The number of H-pyrrole nitrogens is 1. The topological polar surface area (TPSA) is 53.0 Å². The van der Waals surface area contributed by atoms with Crippen LogP contribution in [-0.2, 0) is 0 Å². The summed E-state index contributed by atoms with van der Waals surface area (Å²) in [5.41, 5.74) is 5.28. The zero-order valence-electron chi connectivity index (χ0n) is 3.93. The molecule has 0 aliphatic rings. The van der Waals surface area contributed by atoms with E-state index in [0.717, 1.165) is 5.82 Å². The second kappa shape index (κ2) is 1.46. The summed E-state index contributed by atoms with van der Waals surface area (Å²) in [5.74, 6) is 0.877. The number of aryl methyl sites for hydroxylation is 1. The lowest BCUT2D eigenvalue weighted by Gasteiger charge is -1.63. The van der Waals surface area contributed by atoms with Gasteiger partial charge in [0.2, 0.25) is 5.82 Å².